The van der Waals surface area contributed by atoms with Gasteiger partial charge in [-0.1, -0.05) is 134 Å². The van der Waals surface area contributed by atoms with Crippen LogP contribution in [0.2, 0.25) is 0 Å². The molecule has 2 saturated heterocycles. The number of ketones is 2. The molecule has 16 heteroatoms. The van der Waals surface area contributed by atoms with E-state index in [-0.39, 0.29) is 89.1 Å². The SMILES string of the molecule is C.C.CC(C)(C)OC(=O)[C@@H]1C[C@]2(CC(C(=O)c3ccccc3)=NO2)CN1C(=O)OC(C)(C)C.O=C(C1=NO[C@]2(C1)C[C@@H](C(=O)O)N(C(=O)OCC1c3ccccc3-c3ccccc31)C2)c1ccccc1. The highest BCUT2D eigenvalue weighted by molar-refractivity contribution is 6.46. The molecule has 0 saturated carbocycles. The van der Waals surface area contributed by atoms with Crippen LogP contribution in [-0.2, 0) is 33.5 Å². The molecule has 1 N–H and O–H groups in total. The third kappa shape index (κ3) is 11.1. The van der Waals surface area contributed by atoms with Gasteiger partial charge in [-0.15, -0.1) is 0 Å². The molecule has 0 bridgehead atoms. The van der Waals surface area contributed by atoms with Crippen molar-refractivity contribution in [1.82, 2.24) is 9.80 Å². The van der Waals surface area contributed by atoms with Crippen molar-refractivity contribution in [3.63, 3.8) is 0 Å². The number of hydrogen-bond acceptors (Lipinski definition) is 13. The van der Waals surface area contributed by atoms with E-state index in [2.05, 4.69) is 10.3 Å². The minimum atomic E-state index is -1.16. The molecule has 2 fully saturated rings. The van der Waals surface area contributed by atoms with Gasteiger partial charge in [0.2, 0.25) is 11.6 Å². The van der Waals surface area contributed by atoms with Gasteiger partial charge in [0, 0.05) is 42.7 Å². The number of rotatable bonds is 8. The van der Waals surface area contributed by atoms with Crippen molar-refractivity contribution in [2.75, 3.05) is 19.7 Å². The number of hydrogen-bond donors (Lipinski definition) is 1. The van der Waals surface area contributed by atoms with E-state index in [0.29, 0.717) is 11.1 Å². The van der Waals surface area contributed by atoms with Crippen LogP contribution in [0.25, 0.3) is 11.1 Å². The maximum absolute atomic E-state index is 13.2. The Bertz CT molecular complexity index is 2610. The summed E-state index contributed by atoms with van der Waals surface area (Å²) in [5.74, 6) is -2.35. The van der Waals surface area contributed by atoms with Crippen molar-refractivity contribution in [2.24, 2.45) is 10.3 Å². The fraction of sp³-hybridized carbons (Fsp3) is 0.407. The average molecular weight is 959 g/mol. The molecule has 4 aromatic rings. The Balaban J connectivity index is 0.000000227. The Morgan fingerprint density at radius 1 is 0.600 bits per heavy atom. The van der Waals surface area contributed by atoms with Crippen molar-refractivity contribution in [3.8, 4) is 11.1 Å². The number of fused-ring (bicyclic) bond motifs is 3. The Morgan fingerprint density at radius 2 is 1.01 bits per heavy atom. The molecular formula is C54H62N4O12. The third-order valence-corrected chi connectivity index (χ3v) is 12.2. The second kappa shape index (κ2) is 20.3. The predicted octanol–water partition coefficient (Wildman–Crippen LogP) is 9.50. The first kappa shape index (κ1) is 52.0. The van der Waals surface area contributed by atoms with Gasteiger partial charge in [0.25, 0.3) is 0 Å². The molecule has 0 aromatic heterocycles. The largest absolute Gasteiger partial charge is 0.480 e. The van der Waals surface area contributed by atoms with Crippen molar-refractivity contribution in [3.05, 3.63) is 131 Å². The Morgan fingerprint density at radius 3 is 1.46 bits per heavy atom. The molecule has 16 nitrogen and oxygen atoms in total. The highest BCUT2D eigenvalue weighted by atomic mass is 16.7. The summed E-state index contributed by atoms with van der Waals surface area (Å²) in [5, 5.41) is 17.9. The lowest BCUT2D eigenvalue weighted by atomic mass is 9.91. The van der Waals surface area contributed by atoms with Gasteiger partial charge in [0.15, 0.2) is 11.2 Å². The van der Waals surface area contributed by atoms with Crippen LogP contribution in [0.1, 0.15) is 120 Å². The lowest BCUT2D eigenvalue weighted by molar-refractivity contribution is -0.160. The quantitative estimate of drug-likeness (QED) is 0.0998. The molecule has 1 aliphatic carbocycles. The molecule has 4 heterocycles. The molecule has 2 spiro atoms. The van der Waals surface area contributed by atoms with Gasteiger partial charge in [-0.25, -0.2) is 19.2 Å². The van der Waals surface area contributed by atoms with E-state index in [1.807, 2.05) is 60.7 Å². The highest BCUT2D eigenvalue weighted by Crippen LogP contribution is 2.45. The number of esters is 1. The number of carbonyl (C=O) groups is 6. The smallest absolute Gasteiger partial charge is 0.411 e. The summed E-state index contributed by atoms with van der Waals surface area (Å²) in [4.78, 5) is 90.5. The first-order chi connectivity index (χ1) is 32.2. The molecule has 5 aliphatic rings. The van der Waals surface area contributed by atoms with E-state index < -0.39 is 58.6 Å². The van der Waals surface area contributed by atoms with Crippen LogP contribution in [0.3, 0.4) is 0 Å². The zero-order chi connectivity index (χ0) is 48.6. The number of ether oxygens (including phenoxy) is 3. The lowest BCUT2D eigenvalue weighted by Crippen LogP contribution is -2.46. The number of carboxylic acid groups (broad SMARTS) is 1. The number of aliphatic carboxylic acids is 1. The van der Waals surface area contributed by atoms with Gasteiger partial charge in [-0.05, 0) is 63.8 Å². The fourth-order valence-electron chi connectivity index (χ4n) is 9.26. The number of carboxylic acids is 1. The molecular weight excluding hydrogens is 897 g/mol. The predicted molar refractivity (Wildman–Crippen MR) is 262 cm³/mol. The summed E-state index contributed by atoms with van der Waals surface area (Å²) in [7, 11) is 0. The number of nitrogens with zero attached hydrogens (tertiary/aromatic N) is 4. The van der Waals surface area contributed by atoms with Crippen molar-refractivity contribution < 1.29 is 57.8 Å². The Labute approximate surface area is 408 Å². The van der Waals surface area contributed by atoms with Crippen LogP contribution < -0.4 is 0 Å². The minimum Gasteiger partial charge on any atom is -0.480 e. The minimum absolute atomic E-state index is 0. The maximum Gasteiger partial charge on any atom is 0.411 e. The van der Waals surface area contributed by atoms with E-state index in [9.17, 15) is 33.9 Å². The Kier molecular flexibility index (Phi) is 15.1. The van der Waals surface area contributed by atoms with Gasteiger partial charge in [-0.3, -0.25) is 19.4 Å². The molecule has 4 atom stereocenters. The van der Waals surface area contributed by atoms with E-state index >= 15 is 0 Å². The second-order valence-corrected chi connectivity index (χ2v) is 19.7. The average Bonchev–Trinajstić information content (AvgIpc) is 4.15. The molecule has 2 amide bonds. The Hall–Kier alpha value is -7.36. The maximum atomic E-state index is 13.2. The van der Waals surface area contributed by atoms with Gasteiger partial charge in [-0.2, -0.15) is 0 Å². The molecule has 370 valence electrons. The van der Waals surface area contributed by atoms with E-state index in [0.717, 1.165) is 22.3 Å². The summed E-state index contributed by atoms with van der Waals surface area (Å²) in [6.45, 7) is 10.7. The first-order valence-corrected chi connectivity index (χ1v) is 22.5. The van der Waals surface area contributed by atoms with Crippen molar-refractivity contribution in [2.45, 2.75) is 122 Å². The van der Waals surface area contributed by atoms with E-state index in [1.54, 1.807) is 90.1 Å². The van der Waals surface area contributed by atoms with Crippen LogP contribution in [0.15, 0.2) is 120 Å². The number of carbonyl (C=O) groups excluding carboxylic acids is 5. The van der Waals surface area contributed by atoms with Crippen LogP contribution >= 0.6 is 0 Å². The van der Waals surface area contributed by atoms with Gasteiger partial charge < -0.3 is 29.0 Å². The van der Waals surface area contributed by atoms with Crippen LogP contribution in [0.5, 0.6) is 0 Å². The molecule has 0 radical (unpaired) electrons. The van der Waals surface area contributed by atoms with Gasteiger partial charge in [0.1, 0.15) is 41.3 Å². The number of amides is 2. The van der Waals surface area contributed by atoms with Gasteiger partial charge >= 0.3 is 24.1 Å². The molecule has 4 aromatic carbocycles. The van der Waals surface area contributed by atoms with E-state index in [4.69, 9.17) is 23.9 Å². The van der Waals surface area contributed by atoms with Crippen molar-refractivity contribution in [1.29, 1.82) is 0 Å². The standard InChI is InChI=1S/C29H24N2O6.C23H30N2O6.2CH4/c32-26(18-8-2-1-3-9-18)24-14-29(37-30-24)15-25(27(33)34)31(17-29)28(35)36-16-23-21-12-6-4-10-19(21)20-11-5-7-13-22(20)23;1-21(2,3)29-19(27)17-13-23(14-25(17)20(28)30-22(4,5)6)12-16(24-31-23)18(26)15-10-8-7-9-11-15;;/h1-13,23,25H,14-17H2,(H,33,34);7-11,17H,12-14H2,1-6H3;2*1H4/t25-,29+;17-,23+;;/m00../s1. The van der Waals surface area contributed by atoms with Crippen LogP contribution in [0, 0.1) is 0 Å². The number of oxime groups is 2. The zero-order valence-electron chi connectivity index (χ0n) is 38.8. The molecule has 0 unspecified atom stereocenters. The molecule has 70 heavy (non-hydrogen) atoms. The molecule has 4 aliphatic heterocycles. The summed E-state index contributed by atoms with van der Waals surface area (Å²) in [5.41, 5.74) is 2.32. The summed E-state index contributed by atoms with van der Waals surface area (Å²) >= 11 is 0. The summed E-state index contributed by atoms with van der Waals surface area (Å²) in [6.07, 6.45) is -0.862. The lowest BCUT2D eigenvalue weighted by Gasteiger charge is -2.29. The van der Waals surface area contributed by atoms with Crippen LogP contribution in [0.4, 0.5) is 9.59 Å². The summed E-state index contributed by atoms with van der Waals surface area (Å²) < 4.78 is 16.7. The monoisotopic (exact) mass is 958 g/mol. The second-order valence-electron chi connectivity index (χ2n) is 19.7. The number of likely N-dealkylation sites (tertiary alicyclic amines) is 2. The third-order valence-electron chi connectivity index (χ3n) is 12.2. The van der Waals surface area contributed by atoms with E-state index in [1.165, 1.54) is 9.80 Å². The summed E-state index contributed by atoms with van der Waals surface area (Å²) in [6, 6.07) is 31.5. The zero-order valence-corrected chi connectivity index (χ0v) is 38.8. The first-order valence-electron chi connectivity index (χ1n) is 22.5. The van der Waals surface area contributed by atoms with Gasteiger partial charge in [0.05, 0.1) is 13.1 Å². The highest BCUT2D eigenvalue weighted by Gasteiger charge is 2.57. The topological polar surface area (TPSA) is 200 Å². The fourth-order valence-corrected chi connectivity index (χ4v) is 9.26. The normalized spacial score (nSPS) is 21.9. The molecule has 9 rings (SSSR count). The number of benzene rings is 4. The van der Waals surface area contributed by atoms with Crippen LogP contribution in [-0.4, -0.2) is 116 Å². The number of Topliss-reactive ketones (excluding diaryl/α,β-unsaturated/α-hetero) is 2. The van der Waals surface area contributed by atoms with Crippen molar-refractivity contribution >= 4 is 47.1 Å².